The van der Waals surface area contributed by atoms with E-state index in [9.17, 15) is 4.79 Å². The summed E-state index contributed by atoms with van der Waals surface area (Å²) in [4.78, 5) is 13.1. The number of likely N-dealkylation sites (tertiary alicyclic amines) is 1. The SMILES string of the molecule is CN1C(=O)CCC1CC(C)(C)C. The average Bonchev–Trinajstić information content (AvgIpc) is 2.16. The van der Waals surface area contributed by atoms with Gasteiger partial charge in [0, 0.05) is 19.5 Å². The Morgan fingerprint density at radius 1 is 1.50 bits per heavy atom. The molecule has 0 aliphatic carbocycles. The van der Waals surface area contributed by atoms with Gasteiger partial charge in [-0.3, -0.25) is 4.79 Å². The van der Waals surface area contributed by atoms with E-state index in [4.69, 9.17) is 0 Å². The van der Waals surface area contributed by atoms with Gasteiger partial charge >= 0.3 is 0 Å². The van der Waals surface area contributed by atoms with E-state index in [1.54, 1.807) is 0 Å². The molecule has 1 saturated heterocycles. The van der Waals surface area contributed by atoms with E-state index in [2.05, 4.69) is 20.8 Å². The Labute approximate surface area is 74.9 Å². The van der Waals surface area contributed by atoms with Gasteiger partial charge in [-0.1, -0.05) is 20.8 Å². The van der Waals surface area contributed by atoms with Crippen molar-refractivity contribution in [2.75, 3.05) is 7.05 Å². The lowest BCUT2D eigenvalue weighted by Gasteiger charge is -2.27. The summed E-state index contributed by atoms with van der Waals surface area (Å²) in [6.45, 7) is 6.68. The molecule has 1 fully saturated rings. The molecule has 0 spiro atoms. The molecule has 2 nitrogen and oxygen atoms in total. The van der Waals surface area contributed by atoms with Gasteiger partial charge in [0.25, 0.3) is 0 Å². The zero-order valence-corrected chi connectivity index (χ0v) is 8.55. The first-order valence-electron chi connectivity index (χ1n) is 4.66. The first kappa shape index (κ1) is 9.56. The van der Waals surface area contributed by atoms with Crippen molar-refractivity contribution in [3.05, 3.63) is 0 Å². The molecule has 1 heterocycles. The molecule has 70 valence electrons. The molecule has 0 aromatic rings. The molecule has 0 aromatic carbocycles. The molecular weight excluding hydrogens is 150 g/mol. The first-order chi connectivity index (χ1) is 5.40. The fraction of sp³-hybridized carbons (Fsp3) is 0.900. The van der Waals surface area contributed by atoms with E-state index < -0.39 is 0 Å². The number of hydrogen-bond donors (Lipinski definition) is 0. The minimum atomic E-state index is 0.309. The molecule has 0 radical (unpaired) electrons. The van der Waals surface area contributed by atoms with Gasteiger partial charge in [-0.25, -0.2) is 0 Å². The lowest BCUT2D eigenvalue weighted by atomic mass is 9.87. The van der Waals surface area contributed by atoms with Crippen LogP contribution in [0.3, 0.4) is 0 Å². The van der Waals surface area contributed by atoms with Gasteiger partial charge in [-0.15, -0.1) is 0 Å². The number of amides is 1. The van der Waals surface area contributed by atoms with Crippen LogP contribution in [-0.4, -0.2) is 23.9 Å². The van der Waals surface area contributed by atoms with Gasteiger partial charge in [0.2, 0.25) is 5.91 Å². The van der Waals surface area contributed by atoms with E-state index >= 15 is 0 Å². The highest BCUT2D eigenvalue weighted by atomic mass is 16.2. The Bertz CT molecular complexity index is 181. The Kier molecular flexibility index (Phi) is 2.45. The molecule has 2 heteroatoms. The van der Waals surface area contributed by atoms with Crippen molar-refractivity contribution in [2.45, 2.75) is 46.1 Å². The molecule has 0 N–H and O–H groups in total. The van der Waals surface area contributed by atoms with Crippen LogP contribution in [0.25, 0.3) is 0 Å². The fourth-order valence-electron chi connectivity index (χ4n) is 1.81. The summed E-state index contributed by atoms with van der Waals surface area (Å²) in [5.74, 6) is 0.309. The van der Waals surface area contributed by atoms with E-state index in [-0.39, 0.29) is 0 Å². The quantitative estimate of drug-likeness (QED) is 0.588. The lowest BCUT2D eigenvalue weighted by molar-refractivity contribution is -0.127. The van der Waals surface area contributed by atoms with Crippen molar-refractivity contribution in [1.29, 1.82) is 0 Å². The Hall–Kier alpha value is -0.530. The van der Waals surface area contributed by atoms with Crippen molar-refractivity contribution in [3.8, 4) is 0 Å². The van der Waals surface area contributed by atoms with Gasteiger partial charge < -0.3 is 4.90 Å². The van der Waals surface area contributed by atoms with Crippen molar-refractivity contribution >= 4 is 5.91 Å². The van der Waals surface area contributed by atoms with Crippen LogP contribution >= 0.6 is 0 Å². The molecule has 0 saturated carbocycles. The minimum Gasteiger partial charge on any atom is -0.343 e. The Morgan fingerprint density at radius 2 is 2.08 bits per heavy atom. The smallest absolute Gasteiger partial charge is 0.222 e. The lowest BCUT2D eigenvalue weighted by Crippen LogP contribution is -2.31. The number of hydrogen-bond acceptors (Lipinski definition) is 1. The van der Waals surface area contributed by atoms with Crippen LogP contribution < -0.4 is 0 Å². The van der Waals surface area contributed by atoms with Gasteiger partial charge in [-0.05, 0) is 18.3 Å². The topological polar surface area (TPSA) is 20.3 Å². The summed E-state index contributed by atoms with van der Waals surface area (Å²) in [7, 11) is 1.92. The molecule has 1 aliphatic rings. The number of nitrogens with zero attached hydrogens (tertiary/aromatic N) is 1. The number of carbonyl (C=O) groups is 1. The third-order valence-electron chi connectivity index (χ3n) is 2.48. The third-order valence-corrected chi connectivity index (χ3v) is 2.48. The molecule has 1 amide bonds. The third kappa shape index (κ3) is 2.23. The monoisotopic (exact) mass is 169 g/mol. The molecule has 1 aliphatic heterocycles. The summed E-state index contributed by atoms with van der Waals surface area (Å²) in [6.07, 6.45) is 2.92. The van der Waals surface area contributed by atoms with Crippen LogP contribution in [0, 0.1) is 5.41 Å². The van der Waals surface area contributed by atoms with E-state index in [1.165, 1.54) is 0 Å². The Balaban J connectivity index is 2.50. The van der Waals surface area contributed by atoms with Gasteiger partial charge in [0.15, 0.2) is 0 Å². The highest BCUT2D eigenvalue weighted by molar-refractivity contribution is 5.78. The number of carbonyl (C=O) groups excluding carboxylic acids is 1. The average molecular weight is 169 g/mol. The normalized spacial score (nSPS) is 25.2. The van der Waals surface area contributed by atoms with Crippen LogP contribution in [0.5, 0.6) is 0 Å². The standard InChI is InChI=1S/C10H19NO/c1-10(2,3)7-8-5-6-9(12)11(8)4/h8H,5-7H2,1-4H3. The van der Waals surface area contributed by atoms with Crippen LogP contribution in [0.2, 0.25) is 0 Å². The highest BCUT2D eigenvalue weighted by Crippen LogP contribution is 2.29. The molecule has 0 aromatic heterocycles. The van der Waals surface area contributed by atoms with Crippen LogP contribution in [0.1, 0.15) is 40.0 Å². The molecule has 1 unspecified atom stereocenters. The van der Waals surface area contributed by atoms with E-state index in [1.807, 2.05) is 11.9 Å². The molecular formula is C10H19NO. The maximum Gasteiger partial charge on any atom is 0.222 e. The zero-order chi connectivity index (χ0) is 9.35. The first-order valence-corrected chi connectivity index (χ1v) is 4.66. The molecule has 1 rings (SSSR count). The maximum atomic E-state index is 11.2. The van der Waals surface area contributed by atoms with Crippen LogP contribution in [0.4, 0.5) is 0 Å². The summed E-state index contributed by atoms with van der Waals surface area (Å²) < 4.78 is 0. The highest BCUT2D eigenvalue weighted by Gasteiger charge is 2.30. The second kappa shape index (κ2) is 3.08. The molecule has 1 atom stereocenters. The zero-order valence-electron chi connectivity index (χ0n) is 8.55. The summed E-state index contributed by atoms with van der Waals surface area (Å²) >= 11 is 0. The summed E-state index contributed by atoms with van der Waals surface area (Å²) in [5.41, 5.74) is 0.337. The minimum absolute atomic E-state index is 0.309. The molecule has 0 bridgehead atoms. The van der Waals surface area contributed by atoms with Crippen LogP contribution in [0.15, 0.2) is 0 Å². The van der Waals surface area contributed by atoms with Crippen molar-refractivity contribution < 1.29 is 4.79 Å². The Morgan fingerprint density at radius 3 is 2.42 bits per heavy atom. The van der Waals surface area contributed by atoms with Crippen molar-refractivity contribution in [3.63, 3.8) is 0 Å². The largest absolute Gasteiger partial charge is 0.343 e. The summed E-state index contributed by atoms with van der Waals surface area (Å²) in [5, 5.41) is 0. The van der Waals surface area contributed by atoms with E-state index in [0.29, 0.717) is 17.4 Å². The molecule has 12 heavy (non-hydrogen) atoms. The van der Waals surface area contributed by atoms with Crippen molar-refractivity contribution in [2.24, 2.45) is 5.41 Å². The van der Waals surface area contributed by atoms with Crippen molar-refractivity contribution in [1.82, 2.24) is 4.90 Å². The second-order valence-corrected chi connectivity index (χ2v) is 4.96. The number of rotatable bonds is 1. The van der Waals surface area contributed by atoms with Gasteiger partial charge in [0.1, 0.15) is 0 Å². The second-order valence-electron chi connectivity index (χ2n) is 4.96. The van der Waals surface area contributed by atoms with E-state index in [0.717, 1.165) is 19.3 Å². The predicted molar refractivity (Wildman–Crippen MR) is 49.9 cm³/mol. The predicted octanol–water partition coefficient (Wildman–Crippen LogP) is 2.04. The summed E-state index contributed by atoms with van der Waals surface area (Å²) in [6, 6.07) is 0.484. The maximum absolute atomic E-state index is 11.2. The van der Waals surface area contributed by atoms with Crippen LogP contribution in [-0.2, 0) is 4.79 Å². The van der Waals surface area contributed by atoms with Gasteiger partial charge in [0.05, 0.1) is 0 Å². The fourth-order valence-corrected chi connectivity index (χ4v) is 1.81. The van der Waals surface area contributed by atoms with Gasteiger partial charge in [-0.2, -0.15) is 0 Å².